The van der Waals surface area contributed by atoms with Crippen LogP contribution in [0.5, 0.6) is 0 Å². The Morgan fingerprint density at radius 2 is 1.70 bits per heavy atom. The van der Waals surface area contributed by atoms with Crippen molar-refractivity contribution in [2.24, 2.45) is 0 Å². The molecule has 0 aromatic heterocycles. The number of rotatable bonds is 7. The van der Waals surface area contributed by atoms with Crippen LogP contribution in [-0.2, 0) is 21.2 Å². The molecule has 0 aliphatic carbocycles. The Bertz CT molecular complexity index is 1140. The Balaban J connectivity index is 1.88. The molecule has 1 amide bonds. The Kier molecular flexibility index (Phi) is 6.87. The van der Waals surface area contributed by atoms with Crippen LogP contribution in [0.15, 0.2) is 77.7 Å². The number of hydrogen-bond acceptors (Lipinski definition) is 3. The molecule has 0 aliphatic rings. The highest BCUT2D eigenvalue weighted by molar-refractivity contribution is 7.89. The highest BCUT2D eigenvalue weighted by Gasteiger charge is 2.26. The molecule has 0 saturated heterocycles. The SMILES string of the molecule is Cc1ccc(F)cc1NC(=O)[C@H](Cc1ccccc1)NS(=O)(=O)c1ccc(Cl)cc1. The molecule has 0 bridgehead atoms. The number of aryl methyl sites for hydroxylation is 1. The second kappa shape index (κ2) is 9.38. The summed E-state index contributed by atoms with van der Waals surface area (Å²) in [5.41, 5.74) is 1.71. The van der Waals surface area contributed by atoms with E-state index in [0.717, 1.165) is 5.56 Å². The fourth-order valence-corrected chi connectivity index (χ4v) is 4.18. The van der Waals surface area contributed by atoms with E-state index in [1.165, 1.54) is 42.5 Å². The number of carbonyl (C=O) groups excluding carboxylic acids is 1. The summed E-state index contributed by atoms with van der Waals surface area (Å²) in [6, 6.07) is 17.6. The molecule has 8 heteroatoms. The monoisotopic (exact) mass is 446 g/mol. The fraction of sp³-hybridized carbons (Fsp3) is 0.136. The maximum absolute atomic E-state index is 13.6. The lowest BCUT2D eigenvalue weighted by molar-refractivity contribution is -0.117. The summed E-state index contributed by atoms with van der Waals surface area (Å²) in [6.45, 7) is 1.72. The minimum absolute atomic E-state index is 0.0142. The van der Waals surface area contributed by atoms with Gasteiger partial charge in [-0.25, -0.2) is 12.8 Å². The molecule has 0 heterocycles. The van der Waals surface area contributed by atoms with Gasteiger partial charge in [0, 0.05) is 10.7 Å². The van der Waals surface area contributed by atoms with Gasteiger partial charge in [0.25, 0.3) is 0 Å². The summed E-state index contributed by atoms with van der Waals surface area (Å²) in [4.78, 5) is 12.9. The normalized spacial score (nSPS) is 12.4. The van der Waals surface area contributed by atoms with Gasteiger partial charge in [0.1, 0.15) is 11.9 Å². The van der Waals surface area contributed by atoms with Crippen molar-refractivity contribution in [3.8, 4) is 0 Å². The summed E-state index contributed by atoms with van der Waals surface area (Å²) in [5, 5.41) is 3.02. The molecule has 0 radical (unpaired) electrons. The van der Waals surface area contributed by atoms with Crippen LogP contribution < -0.4 is 10.0 Å². The lowest BCUT2D eigenvalue weighted by atomic mass is 10.1. The average molecular weight is 447 g/mol. The van der Waals surface area contributed by atoms with Gasteiger partial charge in [0.15, 0.2) is 0 Å². The molecule has 0 spiro atoms. The number of halogens is 2. The fourth-order valence-electron chi connectivity index (χ4n) is 2.86. The van der Waals surface area contributed by atoms with E-state index in [1.54, 1.807) is 31.2 Å². The summed E-state index contributed by atoms with van der Waals surface area (Å²) >= 11 is 5.83. The molecule has 3 aromatic carbocycles. The first-order chi connectivity index (χ1) is 14.2. The highest BCUT2D eigenvalue weighted by Crippen LogP contribution is 2.18. The van der Waals surface area contributed by atoms with Gasteiger partial charge in [-0.1, -0.05) is 48.0 Å². The van der Waals surface area contributed by atoms with Gasteiger partial charge in [-0.3, -0.25) is 4.79 Å². The van der Waals surface area contributed by atoms with Crippen LogP contribution in [0.1, 0.15) is 11.1 Å². The van der Waals surface area contributed by atoms with Crippen LogP contribution in [0.3, 0.4) is 0 Å². The van der Waals surface area contributed by atoms with Crippen molar-refractivity contribution >= 4 is 33.2 Å². The molecular formula is C22H20ClFN2O3S. The van der Waals surface area contributed by atoms with E-state index in [4.69, 9.17) is 11.6 Å². The molecule has 3 aromatic rings. The Morgan fingerprint density at radius 3 is 2.37 bits per heavy atom. The molecule has 0 saturated carbocycles. The van der Waals surface area contributed by atoms with Gasteiger partial charge < -0.3 is 5.32 Å². The summed E-state index contributed by atoms with van der Waals surface area (Å²) in [6.07, 6.45) is 0.119. The zero-order valence-corrected chi connectivity index (χ0v) is 17.7. The number of hydrogen-bond donors (Lipinski definition) is 2. The zero-order valence-electron chi connectivity index (χ0n) is 16.1. The van der Waals surface area contributed by atoms with E-state index in [-0.39, 0.29) is 17.0 Å². The quantitative estimate of drug-likeness (QED) is 0.567. The summed E-state index contributed by atoms with van der Waals surface area (Å²) < 4.78 is 41.7. The van der Waals surface area contributed by atoms with E-state index in [1.807, 2.05) is 6.07 Å². The van der Waals surface area contributed by atoms with Gasteiger partial charge in [-0.05, 0) is 60.9 Å². The average Bonchev–Trinajstić information content (AvgIpc) is 2.71. The molecule has 156 valence electrons. The molecule has 5 nitrogen and oxygen atoms in total. The minimum Gasteiger partial charge on any atom is -0.324 e. The lowest BCUT2D eigenvalue weighted by Gasteiger charge is -2.19. The van der Waals surface area contributed by atoms with Gasteiger partial charge in [0.05, 0.1) is 4.90 Å². The second-order valence-electron chi connectivity index (χ2n) is 6.77. The summed E-state index contributed by atoms with van der Waals surface area (Å²) in [7, 11) is -4.00. The van der Waals surface area contributed by atoms with Gasteiger partial charge in [-0.15, -0.1) is 0 Å². The van der Waals surface area contributed by atoms with E-state index in [2.05, 4.69) is 10.0 Å². The Morgan fingerprint density at radius 1 is 1.03 bits per heavy atom. The molecule has 30 heavy (non-hydrogen) atoms. The van der Waals surface area contributed by atoms with Crippen molar-refractivity contribution < 1.29 is 17.6 Å². The van der Waals surface area contributed by atoms with Crippen molar-refractivity contribution in [2.75, 3.05) is 5.32 Å². The van der Waals surface area contributed by atoms with E-state index in [0.29, 0.717) is 10.6 Å². The van der Waals surface area contributed by atoms with E-state index < -0.39 is 27.8 Å². The van der Waals surface area contributed by atoms with Crippen molar-refractivity contribution in [1.29, 1.82) is 0 Å². The van der Waals surface area contributed by atoms with Crippen LogP contribution in [0, 0.1) is 12.7 Å². The van der Waals surface area contributed by atoms with Crippen molar-refractivity contribution in [2.45, 2.75) is 24.3 Å². The second-order valence-corrected chi connectivity index (χ2v) is 8.92. The number of sulfonamides is 1. The smallest absolute Gasteiger partial charge is 0.242 e. The van der Waals surface area contributed by atoms with Crippen molar-refractivity contribution in [1.82, 2.24) is 4.72 Å². The largest absolute Gasteiger partial charge is 0.324 e. The number of anilines is 1. The van der Waals surface area contributed by atoms with Crippen LogP contribution in [0.4, 0.5) is 10.1 Å². The van der Waals surface area contributed by atoms with Crippen LogP contribution >= 0.6 is 11.6 Å². The predicted molar refractivity (Wildman–Crippen MR) is 115 cm³/mol. The number of nitrogens with one attached hydrogen (secondary N) is 2. The lowest BCUT2D eigenvalue weighted by Crippen LogP contribution is -2.45. The molecule has 0 aliphatic heterocycles. The third-order valence-electron chi connectivity index (χ3n) is 4.48. The molecular weight excluding hydrogens is 427 g/mol. The molecule has 0 fully saturated rings. The van der Waals surface area contributed by atoms with Crippen molar-refractivity contribution in [3.63, 3.8) is 0 Å². The van der Waals surface area contributed by atoms with Crippen LogP contribution in [0.2, 0.25) is 5.02 Å². The third kappa shape index (κ3) is 5.66. The zero-order chi connectivity index (χ0) is 21.7. The van der Waals surface area contributed by atoms with Crippen LogP contribution in [0.25, 0.3) is 0 Å². The maximum atomic E-state index is 13.6. The molecule has 3 rings (SSSR count). The molecule has 2 N–H and O–H groups in total. The highest BCUT2D eigenvalue weighted by atomic mass is 35.5. The van der Waals surface area contributed by atoms with Crippen molar-refractivity contribution in [3.05, 3.63) is 94.8 Å². The van der Waals surface area contributed by atoms with Gasteiger partial charge in [0.2, 0.25) is 15.9 Å². The number of carbonyl (C=O) groups is 1. The van der Waals surface area contributed by atoms with Gasteiger partial charge in [-0.2, -0.15) is 4.72 Å². The first-order valence-corrected chi connectivity index (χ1v) is 11.0. The van der Waals surface area contributed by atoms with Crippen LogP contribution in [-0.4, -0.2) is 20.4 Å². The number of amides is 1. The third-order valence-corrected chi connectivity index (χ3v) is 6.22. The molecule has 0 unspecified atom stereocenters. The molecule has 1 atom stereocenters. The first kappa shape index (κ1) is 22.0. The summed E-state index contributed by atoms with van der Waals surface area (Å²) in [5.74, 6) is -1.10. The Labute approximate surface area is 179 Å². The van der Waals surface area contributed by atoms with E-state index >= 15 is 0 Å². The first-order valence-electron chi connectivity index (χ1n) is 9.13. The number of benzene rings is 3. The standard InChI is InChI=1S/C22H20ClFN2O3S/c1-15-7-10-18(24)14-20(15)25-22(27)21(13-16-5-3-2-4-6-16)26-30(28,29)19-11-8-17(23)9-12-19/h2-12,14,21,26H,13H2,1H3,(H,25,27)/t21-/m0/s1. The Hall–Kier alpha value is -2.74. The van der Waals surface area contributed by atoms with E-state index in [9.17, 15) is 17.6 Å². The minimum atomic E-state index is -4.00. The maximum Gasteiger partial charge on any atom is 0.242 e. The topological polar surface area (TPSA) is 75.3 Å². The van der Waals surface area contributed by atoms with Gasteiger partial charge >= 0.3 is 0 Å². The predicted octanol–water partition coefficient (Wildman–Crippen LogP) is 4.32.